The Morgan fingerprint density at radius 1 is 0.886 bits per heavy atom. The van der Waals surface area contributed by atoms with Gasteiger partial charge in [0.1, 0.15) is 17.1 Å². The van der Waals surface area contributed by atoms with Crippen molar-refractivity contribution in [2.75, 3.05) is 0 Å². The highest BCUT2D eigenvalue weighted by molar-refractivity contribution is 5.89. The number of carbonyl (C=O) groups is 1. The maximum absolute atomic E-state index is 13.7. The van der Waals surface area contributed by atoms with E-state index in [0.717, 1.165) is 22.8 Å². The average Bonchev–Trinajstić information content (AvgIpc) is 2.81. The number of aryl methyl sites for hydroxylation is 2. The van der Waals surface area contributed by atoms with Crippen molar-refractivity contribution < 1.29 is 31.9 Å². The average molecular weight is 480 g/mol. The molecule has 0 saturated heterocycles. The van der Waals surface area contributed by atoms with Crippen LogP contribution in [0.2, 0.25) is 0 Å². The molecule has 0 aliphatic carbocycles. The molecule has 178 valence electrons. The molecule has 0 spiro atoms. The zero-order chi connectivity index (χ0) is 25.2. The summed E-state index contributed by atoms with van der Waals surface area (Å²) in [6, 6.07) is 17.1. The molecule has 1 heterocycles. The summed E-state index contributed by atoms with van der Waals surface area (Å²) >= 11 is 0. The molecule has 4 aromatic rings. The van der Waals surface area contributed by atoms with E-state index in [4.69, 9.17) is 13.9 Å². The predicted molar refractivity (Wildman–Crippen MR) is 125 cm³/mol. The number of fused-ring (bicyclic) bond motifs is 1. The highest BCUT2D eigenvalue weighted by Crippen LogP contribution is 2.38. The summed E-state index contributed by atoms with van der Waals surface area (Å²) < 4.78 is 56.6. The zero-order valence-electron chi connectivity index (χ0n) is 18.7. The fraction of sp³-hybridized carbons (Fsp3) is 0.111. The van der Waals surface area contributed by atoms with E-state index in [9.17, 15) is 22.8 Å². The Hall–Kier alpha value is -4.33. The number of hydrogen-bond donors (Lipinski definition) is 0. The lowest BCUT2D eigenvalue weighted by Crippen LogP contribution is -2.15. The Bertz CT molecular complexity index is 1460. The third-order valence-corrected chi connectivity index (χ3v) is 5.03. The van der Waals surface area contributed by atoms with E-state index in [1.807, 2.05) is 31.2 Å². The van der Waals surface area contributed by atoms with Gasteiger partial charge in [-0.25, -0.2) is 4.79 Å². The first-order valence-electron chi connectivity index (χ1n) is 10.5. The summed E-state index contributed by atoms with van der Waals surface area (Å²) in [5.41, 5.74) is 1.30. The van der Waals surface area contributed by atoms with Crippen LogP contribution in [0.15, 0.2) is 82.0 Å². The SMILES string of the molecule is Cc1ccc(/C=C/C(=O)Oc2ccc3c(=O)c(Oc4ccc(C)cc4)c(C(F)(F)F)oc3c2)cc1. The zero-order valence-corrected chi connectivity index (χ0v) is 18.7. The van der Waals surface area contributed by atoms with Crippen LogP contribution in [0.1, 0.15) is 22.5 Å². The maximum atomic E-state index is 13.7. The van der Waals surface area contributed by atoms with E-state index in [0.29, 0.717) is 0 Å². The third kappa shape index (κ3) is 5.60. The second kappa shape index (κ2) is 9.50. The molecule has 0 amide bonds. The number of rotatable bonds is 5. The molecule has 0 saturated carbocycles. The largest absolute Gasteiger partial charge is 0.453 e. The first-order valence-corrected chi connectivity index (χ1v) is 10.5. The molecule has 0 fully saturated rings. The maximum Gasteiger partial charge on any atom is 0.453 e. The molecule has 5 nitrogen and oxygen atoms in total. The van der Waals surface area contributed by atoms with Crippen molar-refractivity contribution in [3.8, 4) is 17.2 Å². The summed E-state index contributed by atoms with van der Waals surface area (Å²) in [6.45, 7) is 3.74. The number of carbonyl (C=O) groups excluding carboxylic acids is 1. The lowest BCUT2D eigenvalue weighted by molar-refractivity contribution is -0.154. The molecule has 0 N–H and O–H groups in total. The number of alkyl halides is 3. The Labute approximate surface area is 198 Å². The van der Waals surface area contributed by atoms with Crippen molar-refractivity contribution in [3.05, 3.63) is 105 Å². The molecule has 0 unspecified atom stereocenters. The molecule has 0 aliphatic rings. The summed E-state index contributed by atoms with van der Waals surface area (Å²) in [5.74, 6) is -3.33. The Morgan fingerprint density at radius 3 is 2.11 bits per heavy atom. The van der Waals surface area contributed by atoms with Crippen molar-refractivity contribution >= 4 is 23.0 Å². The van der Waals surface area contributed by atoms with Crippen molar-refractivity contribution in [2.45, 2.75) is 20.0 Å². The number of ether oxygens (including phenoxy) is 2. The van der Waals surface area contributed by atoms with Crippen LogP contribution in [0.4, 0.5) is 13.2 Å². The van der Waals surface area contributed by atoms with E-state index in [1.165, 1.54) is 30.3 Å². The first-order chi connectivity index (χ1) is 16.6. The van der Waals surface area contributed by atoms with E-state index in [1.54, 1.807) is 25.1 Å². The van der Waals surface area contributed by atoms with Gasteiger partial charge in [0, 0.05) is 12.1 Å². The number of esters is 1. The van der Waals surface area contributed by atoms with Crippen molar-refractivity contribution in [1.29, 1.82) is 0 Å². The molecular formula is C27H19F3O5. The van der Waals surface area contributed by atoms with Crippen LogP contribution in [0, 0.1) is 13.8 Å². The fourth-order valence-electron chi connectivity index (χ4n) is 3.22. The Morgan fingerprint density at radius 2 is 1.49 bits per heavy atom. The van der Waals surface area contributed by atoms with Crippen molar-refractivity contribution in [2.24, 2.45) is 0 Å². The number of benzene rings is 3. The topological polar surface area (TPSA) is 65.7 Å². The highest BCUT2D eigenvalue weighted by atomic mass is 19.4. The van der Waals surface area contributed by atoms with Gasteiger partial charge in [-0.3, -0.25) is 4.79 Å². The molecular weight excluding hydrogens is 461 g/mol. The summed E-state index contributed by atoms with van der Waals surface area (Å²) in [5, 5.41) is -0.157. The second-order valence-electron chi connectivity index (χ2n) is 7.83. The summed E-state index contributed by atoms with van der Waals surface area (Å²) in [6.07, 6.45) is -2.28. The fourth-order valence-corrected chi connectivity index (χ4v) is 3.22. The normalized spacial score (nSPS) is 11.7. The van der Waals surface area contributed by atoms with Crippen molar-refractivity contribution in [3.63, 3.8) is 0 Å². The minimum absolute atomic E-state index is 0.0543. The van der Waals surface area contributed by atoms with Gasteiger partial charge >= 0.3 is 12.1 Å². The molecule has 8 heteroatoms. The van der Waals surface area contributed by atoms with Gasteiger partial charge in [-0.15, -0.1) is 0 Å². The second-order valence-corrected chi connectivity index (χ2v) is 7.83. The van der Waals surface area contributed by atoms with Crippen LogP contribution in [-0.2, 0) is 11.0 Å². The molecule has 1 aromatic heterocycles. The van der Waals surface area contributed by atoms with Gasteiger partial charge < -0.3 is 13.9 Å². The Kier molecular flexibility index (Phi) is 6.46. The monoisotopic (exact) mass is 480 g/mol. The molecule has 0 radical (unpaired) electrons. The highest BCUT2D eigenvalue weighted by Gasteiger charge is 2.40. The molecule has 4 rings (SSSR count). The number of halogens is 3. The lowest BCUT2D eigenvalue weighted by atomic mass is 10.1. The Balaban J connectivity index is 1.65. The van der Waals surface area contributed by atoms with Crippen LogP contribution < -0.4 is 14.9 Å². The van der Waals surface area contributed by atoms with Crippen LogP contribution in [-0.4, -0.2) is 5.97 Å². The van der Waals surface area contributed by atoms with E-state index in [-0.39, 0.29) is 16.9 Å². The number of hydrogen-bond acceptors (Lipinski definition) is 5. The van der Waals surface area contributed by atoms with Crippen LogP contribution in [0.5, 0.6) is 17.2 Å². The molecule has 35 heavy (non-hydrogen) atoms. The molecule has 0 aliphatic heterocycles. The smallest absolute Gasteiger partial charge is 0.449 e. The summed E-state index contributed by atoms with van der Waals surface area (Å²) in [7, 11) is 0. The quantitative estimate of drug-likeness (QED) is 0.178. The van der Waals surface area contributed by atoms with Gasteiger partial charge in [-0.1, -0.05) is 47.5 Å². The third-order valence-electron chi connectivity index (χ3n) is 5.03. The van der Waals surface area contributed by atoms with E-state index >= 15 is 0 Å². The van der Waals surface area contributed by atoms with Gasteiger partial charge in [-0.2, -0.15) is 13.2 Å². The van der Waals surface area contributed by atoms with Gasteiger partial charge in [0.05, 0.1) is 5.39 Å². The summed E-state index contributed by atoms with van der Waals surface area (Å²) in [4.78, 5) is 25.0. The van der Waals surface area contributed by atoms with Gasteiger partial charge in [-0.05, 0) is 49.8 Å². The van der Waals surface area contributed by atoms with Crippen LogP contribution >= 0.6 is 0 Å². The van der Waals surface area contributed by atoms with Crippen LogP contribution in [0.3, 0.4) is 0 Å². The minimum Gasteiger partial charge on any atom is -0.449 e. The standard InChI is InChI=1S/C27H19F3O5/c1-16-3-7-18(8-4-16)9-14-23(31)33-20-12-13-21-22(15-20)35-26(27(28,29)30)25(24(21)32)34-19-10-5-17(2)6-11-19/h3-15H,1-2H3/b14-9+. The molecule has 3 aromatic carbocycles. The molecule has 0 atom stereocenters. The minimum atomic E-state index is -5.00. The predicted octanol–water partition coefficient (Wildman–Crippen LogP) is 6.84. The lowest BCUT2D eigenvalue weighted by Gasteiger charge is -2.13. The van der Waals surface area contributed by atoms with Crippen LogP contribution in [0.25, 0.3) is 17.0 Å². The molecule has 0 bridgehead atoms. The van der Waals surface area contributed by atoms with Gasteiger partial charge in [0.2, 0.25) is 11.2 Å². The van der Waals surface area contributed by atoms with E-state index in [2.05, 4.69) is 0 Å². The van der Waals surface area contributed by atoms with E-state index < -0.39 is 34.7 Å². The first kappa shape index (κ1) is 23.8. The van der Waals surface area contributed by atoms with Gasteiger partial charge in [0.15, 0.2) is 0 Å². The van der Waals surface area contributed by atoms with Gasteiger partial charge in [0.25, 0.3) is 5.76 Å². The van der Waals surface area contributed by atoms with Crippen molar-refractivity contribution in [1.82, 2.24) is 0 Å².